The second-order valence-electron chi connectivity index (χ2n) is 8.41. The van der Waals surface area contributed by atoms with Crippen molar-refractivity contribution < 1.29 is 23.5 Å². The van der Waals surface area contributed by atoms with Crippen molar-refractivity contribution in [2.75, 3.05) is 37.9 Å². The number of ether oxygens (including phenoxy) is 2. The van der Waals surface area contributed by atoms with Crippen LogP contribution >= 0.6 is 0 Å². The highest BCUT2D eigenvalue weighted by Crippen LogP contribution is 2.33. The number of nitrogens with zero attached hydrogens (tertiary/aromatic N) is 1. The first-order chi connectivity index (χ1) is 17.0. The van der Waals surface area contributed by atoms with E-state index < -0.39 is 17.8 Å². The fraction of sp³-hybridized carbons (Fsp3) is 0.259. The quantitative estimate of drug-likeness (QED) is 0.517. The van der Waals surface area contributed by atoms with Gasteiger partial charge in [-0.05, 0) is 36.2 Å². The standard InChI is InChI=1S/C27H28FN3O4/c1-34-24-13-12-21(15-25(24)35-2)29-26(32)20-14-19(18-8-4-3-5-9-18)16-31(17-20)27(33)30-23-11-7-6-10-22(23)28/h3-13,15,19-20H,14,16-17H2,1-2H3,(H,29,32)(H,30,33)/t19-,20-/m0/s1. The van der Waals surface area contributed by atoms with E-state index in [1.807, 2.05) is 30.3 Å². The summed E-state index contributed by atoms with van der Waals surface area (Å²) in [6.07, 6.45) is 0.576. The molecule has 1 fully saturated rings. The predicted octanol–water partition coefficient (Wildman–Crippen LogP) is 5.12. The number of amides is 3. The van der Waals surface area contributed by atoms with Gasteiger partial charge in [0, 0.05) is 30.8 Å². The zero-order chi connectivity index (χ0) is 24.8. The summed E-state index contributed by atoms with van der Waals surface area (Å²) in [5.74, 6) is -0.169. The van der Waals surface area contributed by atoms with Gasteiger partial charge in [-0.15, -0.1) is 0 Å². The Morgan fingerprint density at radius 3 is 2.31 bits per heavy atom. The minimum absolute atomic E-state index is 0.0440. The summed E-state index contributed by atoms with van der Waals surface area (Å²) >= 11 is 0. The number of para-hydroxylation sites is 1. The molecule has 1 aliphatic rings. The Kier molecular flexibility index (Phi) is 7.50. The Bertz CT molecular complexity index is 1190. The smallest absolute Gasteiger partial charge is 0.321 e. The fourth-order valence-electron chi connectivity index (χ4n) is 4.34. The number of benzene rings is 3. The third-order valence-corrected chi connectivity index (χ3v) is 6.15. The number of likely N-dealkylation sites (tertiary alicyclic amines) is 1. The molecule has 2 atom stereocenters. The summed E-state index contributed by atoms with van der Waals surface area (Å²) in [6.45, 7) is 0.632. The zero-order valence-corrected chi connectivity index (χ0v) is 19.7. The van der Waals surface area contributed by atoms with Crippen molar-refractivity contribution in [1.82, 2.24) is 4.90 Å². The lowest BCUT2D eigenvalue weighted by Gasteiger charge is -2.37. The van der Waals surface area contributed by atoms with Crippen LogP contribution in [0.5, 0.6) is 11.5 Å². The molecule has 2 N–H and O–H groups in total. The van der Waals surface area contributed by atoms with E-state index in [-0.39, 0.29) is 24.1 Å². The van der Waals surface area contributed by atoms with Gasteiger partial charge in [0.15, 0.2) is 11.5 Å². The molecule has 35 heavy (non-hydrogen) atoms. The van der Waals surface area contributed by atoms with Gasteiger partial charge in [0.2, 0.25) is 5.91 Å². The molecular formula is C27H28FN3O4. The lowest BCUT2D eigenvalue weighted by atomic mass is 9.84. The van der Waals surface area contributed by atoms with Crippen LogP contribution < -0.4 is 20.1 Å². The molecule has 4 rings (SSSR count). The van der Waals surface area contributed by atoms with Crippen LogP contribution in [-0.2, 0) is 4.79 Å². The lowest BCUT2D eigenvalue weighted by Crippen LogP contribution is -2.48. The Morgan fingerprint density at radius 2 is 1.60 bits per heavy atom. The van der Waals surface area contributed by atoms with Crippen LogP contribution in [0.1, 0.15) is 17.9 Å². The first kappa shape index (κ1) is 24.1. The second kappa shape index (κ2) is 10.9. The van der Waals surface area contributed by atoms with Crippen LogP contribution in [-0.4, -0.2) is 44.1 Å². The molecule has 0 unspecified atom stereocenters. The number of anilines is 2. The molecule has 8 heteroatoms. The van der Waals surface area contributed by atoms with Crippen molar-refractivity contribution in [3.05, 3.63) is 84.2 Å². The summed E-state index contributed by atoms with van der Waals surface area (Å²) in [5.41, 5.74) is 1.71. The minimum atomic E-state index is -0.514. The number of piperidine rings is 1. The van der Waals surface area contributed by atoms with Gasteiger partial charge in [-0.25, -0.2) is 9.18 Å². The third kappa shape index (κ3) is 5.71. The van der Waals surface area contributed by atoms with E-state index in [1.165, 1.54) is 19.2 Å². The molecule has 0 aromatic heterocycles. The number of hydrogen-bond acceptors (Lipinski definition) is 4. The summed E-state index contributed by atoms with van der Waals surface area (Å²) in [7, 11) is 3.07. The van der Waals surface area contributed by atoms with Gasteiger partial charge in [-0.2, -0.15) is 0 Å². The Hall–Kier alpha value is -4.07. The van der Waals surface area contributed by atoms with Crippen molar-refractivity contribution >= 4 is 23.3 Å². The van der Waals surface area contributed by atoms with E-state index >= 15 is 0 Å². The molecule has 0 saturated carbocycles. The lowest BCUT2D eigenvalue weighted by molar-refractivity contribution is -0.121. The predicted molar refractivity (Wildman–Crippen MR) is 132 cm³/mol. The Balaban J connectivity index is 1.54. The molecular weight excluding hydrogens is 449 g/mol. The highest BCUT2D eigenvalue weighted by Gasteiger charge is 2.35. The number of methoxy groups -OCH3 is 2. The normalized spacial score (nSPS) is 17.4. The maximum atomic E-state index is 14.1. The van der Waals surface area contributed by atoms with E-state index in [4.69, 9.17) is 9.47 Å². The first-order valence-electron chi connectivity index (χ1n) is 11.4. The van der Waals surface area contributed by atoms with Gasteiger partial charge in [0.1, 0.15) is 5.82 Å². The zero-order valence-electron chi connectivity index (χ0n) is 19.7. The second-order valence-corrected chi connectivity index (χ2v) is 8.41. The number of halogens is 1. The molecule has 7 nitrogen and oxygen atoms in total. The van der Waals surface area contributed by atoms with Crippen molar-refractivity contribution in [1.29, 1.82) is 0 Å². The van der Waals surface area contributed by atoms with Gasteiger partial charge in [0.05, 0.1) is 25.8 Å². The van der Waals surface area contributed by atoms with E-state index in [1.54, 1.807) is 42.3 Å². The number of carbonyl (C=O) groups is 2. The van der Waals surface area contributed by atoms with Crippen LogP contribution in [0.15, 0.2) is 72.8 Å². The average Bonchev–Trinajstić information content (AvgIpc) is 2.90. The molecule has 0 radical (unpaired) electrons. The number of nitrogens with one attached hydrogen (secondary N) is 2. The van der Waals surface area contributed by atoms with E-state index in [0.717, 1.165) is 5.56 Å². The van der Waals surface area contributed by atoms with Crippen LogP contribution in [0.4, 0.5) is 20.6 Å². The van der Waals surface area contributed by atoms with E-state index in [2.05, 4.69) is 10.6 Å². The van der Waals surface area contributed by atoms with Crippen molar-refractivity contribution in [3.8, 4) is 11.5 Å². The van der Waals surface area contributed by atoms with Gasteiger partial charge in [-0.3, -0.25) is 4.79 Å². The molecule has 3 aromatic carbocycles. The van der Waals surface area contributed by atoms with E-state index in [0.29, 0.717) is 30.2 Å². The van der Waals surface area contributed by atoms with Crippen LogP contribution in [0.25, 0.3) is 0 Å². The number of hydrogen-bond donors (Lipinski definition) is 2. The SMILES string of the molecule is COc1ccc(NC(=O)[C@H]2C[C@H](c3ccccc3)CN(C(=O)Nc3ccccc3F)C2)cc1OC. The summed E-state index contributed by atoms with van der Waals surface area (Å²) in [6, 6.07) is 20.5. The molecule has 3 aromatic rings. The maximum Gasteiger partial charge on any atom is 0.321 e. The minimum Gasteiger partial charge on any atom is -0.493 e. The number of carbonyl (C=O) groups excluding carboxylic acids is 2. The largest absolute Gasteiger partial charge is 0.493 e. The van der Waals surface area contributed by atoms with Crippen LogP contribution in [0.3, 0.4) is 0 Å². The molecule has 3 amide bonds. The highest BCUT2D eigenvalue weighted by molar-refractivity contribution is 5.94. The molecule has 182 valence electrons. The fourth-order valence-corrected chi connectivity index (χ4v) is 4.34. The first-order valence-corrected chi connectivity index (χ1v) is 11.4. The molecule has 0 spiro atoms. The van der Waals surface area contributed by atoms with Crippen LogP contribution in [0.2, 0.25) is 0 Å². The summed E-state index contributed by atoms with van der Waals surface area (Å²) < 4.78 is 24.7. The van der Waals surface area contributed by atoms with Crippen molar-refractivity contribution in [3.63, 3.8) is 0 Å². The molecule has 1 heterocycles. The molecule has 1 aliphatic heterocycles. The van der Waals surface area contributed by atoms with Crippen molar-refractivity contribution in [2.24, 2.45) is 5.92 Å². The van der Waals surface area contributed by atoms with Crippen LogP contribution in [0, 0.1) is 11.7 Å². The molecule has 0 aliphatic carbocycles. The topological polar surface area (TPSA) is 79.9 Å². The van der Waals surface area contributed by atoms with Gasteiger partial charge < -0.3 is 25.0 Å². The average molecular weight is 478 g/mol. The maximum absolute atomic E-state index is 14.1. The van der Waals surface area contributed by atoms with Gasteiger partial charge in [-0.1, -0.05) is 42.5 Å². The third-order valence-electron chi connectivity index (χ3n) is 6.15. The molecule has 0 bridgehead atoms. The number of urea groups is 1. The van der Waals surface area contributed by atoms with Crippen molar-refractivity contribution in [2.45, 2.75) is 12.3 Å². The monoisotopic (exact) mass is 477 g/mol. The Labute approximate surface area is 203 Å². The Morgan fingerprint density at radius 1 is 0.886 bits per heavy atom. The highest BCUT2D eigenvalue weighted by atomic mass is 19.1. The molecule has 1 saturated heterocycles. The van der Waals surface area contributed by atoms with Gasteiger partial charge in [0.25, 0.3) is 0 Å². The number of rotatable bonds is 6. The van der Waals surface area contributed by atoms with Gasteiger partial charge >= 0.3 is 6.03 Å². The van der Waals surface area contributed by atoms with E-state index in [9.17, 15) is 14.0 Å². The summed E-state index contributed by atoms with van der Waals surface area (Å²) in [5, 5.41) is 5.57. The summed E-state index contributed by atoms with van der Waals surface area (Å²) in [4.78, 5) is 27.9.